The quantitative estimate of drug-likeness (QED) is 0.802. The number of nitrogens with zero attached hydrogens (tertiary/aromatic N) is 1. The maximum atomic E-state index is 11.6. The Morgan fingerprint density at radius 3 is 2.50 bits per heavy atom. The highest BCUT2D eigenvalue weighted by Crippen LogP contribution is 2.24. The average molecular weight is 250 g/mol. The molecule has 0 saturated carbocycles. The monoisotopic (exact) mass is 250 g/mol. The summed E-state index contributed by atoms with van der Waals surface area (Å²) in [5, 5.41) is 12.6. The van der Waals surface area contributed by atoms with E-state index < -0.39 is 11.5 Å². The average Bonchev–Trinajstić information content (AvgIpc) is 2.28. The van der Waals surface area contributed by atoms with E-state index >= 15 is 0 Å². The standard InChI is InChI=1S/C14H22N2O2/c1-11-7-5-6-8-12(11)14(2,13(17)18)15-9-10-16(3)4/h5-8,15H,9-10H2,1-4H3,(H,17,18). The van der Waals surface area contributed by atoms with Crippen LogP contribution in [-0.2, 0) is 10.3 Å². The normalized spacial score (nSPS) is 14.5. The van der Waals surface area contributed by atoms with Crippen molar-refractivity contribution < 1.29 is 9.90 Å². The molecule has 4 heteroatoms. The van der Waals surface area contributed by atoms with Crippen LogP contribution in [0.4, 0.5) is 0 Å². The van der Waals surface area contributed by atoms with Gasteiger partial charge in [0.1, 0.15) is 5.54 Å². The predicted molar refractivity (Wildman–Crippen MR) is 72.7 cm³/mol. The number of benzene rings is 1. The number of rotatable bonds is 6. The minimum atomic E-state index is -1.04. The summed E-state index contributed by atoms with van der Waals surface area (Å²) in [7, 11) is 3.93. The first-order valence-electron chi connectivity index (χ1n) is 6.07. The SMILES string of the molecule is Cc1ccccc1C(C)(NCCN(C)C)C(=O)O. The van der Waals surface area contributed by atoms with Gasteiger partial charge in [-0.2, -0.15) is 0 Å². The molecular formula is C14H22N2O2. The van der Waals surface area contributed by atoms with Crippen molar-refractivity contribution in [3.05, 3.63) is 35.4 Å². The van der Waals surface area contributed by atoms with Crippen molar-refractivity contribution in [3.63, 3.8) is 0 Å². The van der Waals surface area contributed by atoms with Gasteiger partial charge in [-0.3, -0.25) is 5.32 Å². The minimum absolute atomic E-state index is 0.629. The van der Waals surface area contributed by atoms with Gasteiger partial charge in [0, 0.05) is 13.1 Å². The number of hydrogen-bond acceptors (Lipinski definition) is 3. The molecule has 0 amide bonds. The summed E-state index contributed by atoms with van der Waals surface area (Å²) in [6, 6.07) is 7.59. The highest BCUT2D eigenvalue weighted by molar-refractivity contribution is 5.80. The van der Waals surface area contributed by atoms with E-state index in [1.807, 2.05) is 50.2 Å². The lowest BCUT2D eigenvalue weighted by Crippen LogP contribution is -2.49. The summed E-state index contributed by atoms with van der Waals surface area (Å²) >= 11 is 0. The minimum Gasteiger partial charge on any atom is -0.480 e. The molecule has 2 N–H and O–H groups in total. The van der Waals surface area contributed by atoms with Crippen molar-refractivity contribution in [2.24, 2.45) is 0 Å². The Morgan fingerprint density at radius 1 is 1.39 bits per heavy atom. The Kier molecular flexibility index (Phi) is 4.87. The second kappa shape index (κ2) is 5.98. The largest absolute Gasteiger partial charge is 0.480 e. The van der Waals surface area contributed by atoms with Crippen LogP contribution in [-0.4, -0.2) is 43.2 Å². The highest BCUT2D eigenvalue weighted by atomic mass is 16.4. The third-order valence-corrected chi connectivity index (χ3v) is 3.15. The van der Waals surface area contributed by atoms with Gasteiger partial charge in [-0.1, -0.05) is 24.3 Å². The first-order chi connectivity index (χ1) is 8.38. The summed E-state index contributed by atoms with van der Waals surface area (Å²) < 4.78 is 0. The Bertz CT molecular complexity index is 418. The zero-order valence-electron chi connectivity index (χ0n) is 11.5. The molecule has 0 bridgehead atoms. The summed E-state index contributed by atoms with van der Waals surface area (Å²) in [5.41, 5.74) is 0.762. The van der Waals surface area contributed by atoms with Crippen LogP contribution < -0.4 is 5.32 Å². The summed E-state index contributed by atoms with van der Waals surface area (Å²) in [6.07, 6.45) is 0. The lowest BCUT2D eigenvalue weighted by molar-refractivity contribution is -0.144. The number of carboxylic acids is 1. The van der Waals surface area contributed by atoms with E-state index in [0.717, 1.165) is 17.7 Å². The van der Waals surface area contributed by atoms with Crippen LogP contribution in [0.25, 0.3) is 0 Å². The molecule has 0 saturated heterocycles. The molecule has 1 aromatic carbocycles. The van der Waals surface area contributed by atoms with Gasteiger partial charge in [-0.25, -0.2) is 4.79 Å². The predicted octanol–water partition coefficient (Wildman–Crippen LogP) is 1.45. The molecule has 1 rings (SSSR count). The van der Waals surface area contributed by atoms with Crippen LogP contribution in [0.3, 0.4) is 0 Å². The number of carbonyl (C=O) groups is 1. The van der Waals surface area contributed by atoms with Crippen molar-refractivity contribution in [3.8, 4) is 0 Å². The molecule has 0 aliphatic rings. The molecule has 0 spiro atoms. The van der Waals surface area contributed by atoms with Gasteiger partial charge >= 0.3 is 5.97 Å². The third kappa shape index (κ3) is 3.31. The first-order valence-corrected chi connectivity index (χ1v) is 6.07. The molecule has 1 atom stereocenters. The summed E-state index contributed by atoms with van der Waals surface area (Å²) in [4.78, 5) is 13.6. The molecule has 0 fully saturated rings. The van der Waals surface area contributed by atoms with E-state index in [1.165, 1.54) is 0 Å². The van der Waals surface area contributed by atoms with Crippen molar-refractivity contribution in [1.82, 2.24) is 10.2 Å². The third-order valence-electron chi connectivity index (χ3n) is 3.15. The fourth-order valence-corrected chi connectivity index (χ4v) is 1.95. The van der Waals surface area contributed by atoms with Gasteiger partial charge in [-0.05, 0) is 39.1 Å². The first kappa shape index (κ1) is 14.7. The van der Waals surface area contributed by atoms with Gasteiger partial charge < -0.3 is 10.0 Å². The fourth-order valence-electron chi connectivity index (χ4n) is 1.95. The van der Waals surface area contributed by atoms with Gasteiger partial charge in [0.05, 0.1) is 0 Å². The highest BCUT2D eigenvalue weighted by Gasteiger charge is 2.35. The van der Waals surface area contributed by atoms with Crippen LogP contribution in [0.15, 0.2) is 24.3 Å². The number of aryl methyl sites for hydroxylation is 1. The van der Waals surface area contributed by atoms with Crippen molar-refractivity contribution in [2.45, 2.75) is 19.4 Å². The van der Waals surface area contributed by atoms with Gasteiger partial charge in [0.15, 0.2) is 0 Å². The van der Waals surface area contributed by atoms with Gasteiger partial charge in [-0.15, -0.1) is 0 Å². The van der Waals surface area contributed by atoms with E-state index in [2.05, 4.69) is 5.32 Å². The van der Waals surface area contributed by atoms with E-state index in [0.29, 0.717) is 6.54 Å². The topological polar surface area (TPSA) is 52.6 Å². The fraction of sp³-hybridized carbons (Fsp3) is 0.500. The smallest absolute Gasteiger partial charge is 0.328 e. The molecule has 1 unspecified atom stereocenters. The van der Waals surface area contributed by atoms with Crippen LogP contribution in [0, 0.1) is 6.92 Å². The maximum absolute atomic E-state index is 11.6. The lowest BCUT2D eigenvalue weighted by Gasteiger charge is -2.29. The molecule has 0 aliphatic heterocycles. The van der Waals surface area contributed by atoms with E-state index in [-0.39, 0.29) is 0 Å². The van der Waals surface area contributed by atoms with Gasteiger partial charge in [0.2, 0.25) is 0 Å². The Hall–Kier alpha value is -1.39. The van der Waals surface area contributed by atoms with Crippen molar-refractivity contribution in [2.75, 3.05) is 27.2 Å². The second-order valence-corrected chi connectivity index (χ2v) is 4.98. The molecular weight excluding hydrogens is 228 g/mol. The molecule has 0 heterocycles. The molecule has 4 nitrogen and oxygen atoms in total. The second-order valence-electron chi connectivity index (χ2n) is 4.98. The zero-order valence-corrected chi connectivity index (χ0v) is 11.5. The molecule has 0 radical (unpaired) electrons. The van der Waals surface area contributed by atoms with E-state index in [1.54, 1.807) is 6.92 Å². The number of likely N-dealkylation sites (N-methyl/N-ethyl adjacent to an activating group) is 1. The number of aliphatic carboxylic acids is 1. The summed E-state index contributed by atoms with van der Waals surface area (Å²) in [6.45, 7) is 5.08. The molecule has 18 heavy (non-hydrogen) atoms. The zero-order chi connectivity index (χ0) is 13.8. The Labute approximate surface area is 109 Å². The van der Waals surface area contributed by atoms with Crippen LogP contribution in [0.1, 0.15) is 18.1 Å². The Balaban J connectivity index is 2.94. The van der Waals surface area contributed by atoms with Gasteiger partial charge in [0.25, 0.3) is 0 Å². The summed E-state index contributed by atoms with van der Waals surface area (Å²) in [5.74, 6) is -0.851. The number of hydrogen-bond donors (Lipinski definition) is 2. The van der Waals surface area contributed by atoms with Crippen LogP contribution in [0.2, 0.25) is 0 Å². The molecule has 0 aromatic heterocycles. The number of carboxylic acid groups (broad SMARTS) is 1. The lowest BCUT2D eigenvalue weighted by atomic mass is 9.88. The number of nitrogens with one attached hydrogen (secondary N) is 1. The molecule has 100 valence electrons. The molecule has 0 aliphatic carbocycles. The Morgan fingerprint density at radius 2 is 2.00 bits per heavy atom. The van der Waals surface area contributed by atoms with E-state index in [9.17, 15) is 9.90 Å². The van der Waals surface area contributed by atoms with Crippen LogP contribution >= 0.6 is 0 Å². The maximum Gasteiger partial charge on any atom is 0.328 e. The molecule has 1 aromatic rings. The van der Waals surface area contributed by atoms with Crippen molar-refractivity contribution >= 4 is 5.97 Å². The van der Waals surface area contributed by atoms with Crippen LogP contribution in [0.5, 0.6) is 0 Å². The van der Waals surface area contributed by atoms with Crippen molar-refractivity contribution in [1.29, 1.82) is 0 Å². The van der Waals surface area contributed by atoms with E-state index in [4.69, 9.17) is 0 Å².